The molecule has 1 unspecified atom stereocenters. The molecule has 1 amide bonds. The van der Waals surface area contributed by atoms with Crippen molar-refractivity contribution < 1.29 is 9.53 Å². The summed E-state index contributed by atoms with van der Waals surface area (Å²) in [6.07, 6.45) is 6.66. The van der Waals surface area contributed by atoms with E-state index in [0.717, 1.165) is 0 Å². The second kappa shape index (κ2) is 5.21. The summed E-state index contributed by atoms with van der Waals surface area (Å²) in [5.41, 5.74) is 0. The van der Waals surface area contributed by atoms with Gasteiger partial charge in [-0.2, -0.15) is 0 Å². The zero-order valence-electron chi connectivity index (χ0n) is 9.67. The normalized spacial score (nSPS) is 11.6. The predicted molar refractivity (Wildman–Crippen MR) is 59.7 cm³/mol. The zero-order valence-corrected chi connectivity index (χ0v) is 9.67. The van der Waals surface area contributed by atoms with Crippen LogP contribution in [0.5, 0.6) is 5.88 Å². The van der Waals surface area contributed by atoms with Gasteiger partial charge in [-0.1, -0.05) is 5.92 Å². The second-order valence-corrected chi connectivity index (χ2v) is 3.39. The molecule has 86 valence electrons. The van der Waals surface area contributed by atoms with Crippen molar-refractivity contribution in [2.24, 2.45) is 0 Å². The third-order valence-corrected chi connectivity index (χ3v) is 2.33. The molecule has 16 heavy (non-hydrogen) atoms. The fourth-order valence-corrected chi connectivity index (χ4v) is 1.16. The summed E-state index contributed by atoms with van der Waals surface area (Å²) >= 11 is 0. The summed E-state index contributed by atoms with van der Waals surface area (Å²) in [5.74, 6) is 2.80. The van der Waals surface area contributed by atoms with E-state index in [1.807, 2.05) is 6.92 Å². The molecule has 1 aromatic rings. The van der Waals surface area contributed by atoms with Crippen molar-refractivity contribution in [2.75, 3.05) is 13.7 Å². The van der Waals surface area contributed by atoms with Crippen LogP contribution in [0.4, 0.5) is 0 Å². The van der Waals surface area contributed by atoms with Crippen LogP contribution in [-0.4, -0.2) is 34.2 Å². The van der Waals surface area contributed by atoms with Gasteiger partial charge in [0.2, 0.25) is 11.8 Å². The number of aromatic nitrogens is 2. The average molecular weight is 221 g/mol. The molecular weight excluding hydrogens is 206 g/mol. The van der Waals surface area contributed by atoms with Crippen LogP contribution in [0.15, 0.2) is 12.3 Å². The fraction of sp³-hybridized carbons (Fsp3) is 0.455. The first-order chi connectivity index (χ1) is 7.56. The van der Waals surface area contributed by atoms with Gasteiger partial charge in [-0.15, -0.1) is 11.5 Å². The van der Waals surface area contributed by atoms with Crippen LogP contribution in [0.25, 0.3) is 0 Å². The maximum atomic E-state index is 11.2. The Morgan fingerprint density at radius 1 is 1.81 bits per heavy atom. The SMILES string of the molecule is C#CCOc1ccn(C(C)N(C)C(C)=O)n1. The van der Waals surface area contributed by atoms with E-state index < -0.39 is 0 Å². The lowest BCUT2D eigenvalue weighted by Crippen LogP contribution is -2.31. The highest BCUT2D eigenvalue weighted by atomic mass is 16.5. The quantitative estimate of drug-likeness (QED) is 0.709. The van der Waals surface area contributed by atoms with Crippen molar-refractivity contribution in [3.05, 3.63) is 12.3 Å². The van der Waals surface area contributed by atoms with Crippen LogP contribution in [0.2, 0.25) is 0 Å². The lowest BCUT2D eigenvalue weighted by Gasteiger charge is -2.23. The molecule has 1 heterocycles. The van der Waals surface area contributed by atoms with E-state index in [4.69, 9.17) is 11.2 Å². The Hall–Kier alpha value is -1.96. The third kappa shape index (κ3) is 2.76. The molecule has 0 saturated carbocycles. The molecule has 0 aromatic carbocycles. The molecule has 0 spiro atoms. The number of terminal acetylenes is 1. The number of hydrogen-bond donors (Lipinski definition) is 0. The van der Waals surface area contributed by atoms with Gasteiger partial charge in [-0.3, -0.25) is 4.79 Å². The summed E-state index contributed by atoms with van der Waals surface area (Å²) in [5, 5.41) is 4.16. The van der Waals surface area contributed by atoms with Crippen molar-refractivity contribution >= 4 is 5.91 Å². The molecule has 0 saturated heterocycles. The molecule has 1 rings (SSSR count). The lowest BCUT2D eigenvalue weighted by atomic mass is 10.4. The minimum atomic E-state index is -0.152. The maximum Gasteiger partial charge on any atom is 0.233 e. The Balaban J connectivity index is 2.70. The van der Waals surface area contributed by atoms with Gasteiger partial charge in [0.15, 0.2) is 6.61 Å². The molecule has 0 aliphatic carbocycles. The summed E-state index contributed by atoms with van der Waals surface area (Å²) in [4.78, 5) is 12.7. The van der Waals surface area contributed by atoms with Gasteiger partial charge in [0.25, 0.3) is 0 Å². The first-order valence-corrected chi connectivity index (χ1v) is 4.91. The Bertz CT molecular complexity index is 406. The smallest absolute Gasteiger partial charge is 0.233 e. The highest BCUT2D eigenvalue weighted by Crippen LogP contribution is 2.13. The first-order valence-electron chi connectivity index (χ1n) is 4.91. The predicted octanol–water partition coefficient (Wildman–Crippen LogP) is 0.892. The van der Waals surface area contributed by atoms with Gasteiger partial charge >= 0.3 is 0 Å². The first kappa shape index (κ1) is 12.1. The van der Waals surface area contributed by atoms with E-state index in [0.29, 0.717) is 5.88 Å². The molecule has 1 aromatic heterocycles. The van der Waals surface area contributed by atoms with Gasteiger partial charge in [-0.05, 0) is 6.92 Å². The van der Waals surface area contributed by atoms with E-state index in [9.17, 15) is 4.79 Å². The number of hydrogen-bond acceptors (Lipinski definition) is 3. The Kier molecular flexibility index (Phi) is 3.95. The van der Waals surface area contributed by atoms with Crippen molar-refractivity contribution in [1.29, 1.82) is 0 Å². The molecule has 0 radical (unpaired) electrons. The van der Waals surface area contributed by atoms with Crippen LogP contribution in [0, 0.1) is 12.3 Å². The number of carbonyl (C=O) groups is 1. The highest BCUT2D eigenvalue weighted by molar-refractivity contribution is 5.72. The zero-order chi connectivity index (χ0) is 12.1. The van der Waals surface area contributed by atoms with Gasteiger partial charge in [0.05, 0.1) is 0 Å². The molecule has 5 heteroatoms. The average Bonchev–Trinajstić information content (AvgIpc) is 2.72. The lowest BCUT2D eigenvalue weighted by molar-refractivity contribution is -0.131. The van der Waals surface area contributed by atoms with E-state index in [1.54, 1.807) is 28.9 Å². The monoisotopic (exact) mass is 221 g/mol. The Labute approximate surface area is 95.0 Å². The number of amides is 1. The van der Waals surface area contributed by atoms with E-state index in [1.165, 1.54) is 6.92 Å². The van der Waals surface area contributed by atoms with Crippen molar-refractivity contribution in [3.63, 3.8) is 0 Å². The molecule has 0 aliphatic heterocycles. The minimum Gasteiger partial charge on any atom is -0.463 e. The van der Waals surface area contributed by atoms with Crippen molar-refractivity contribution in [3.8, 4) is 18.2 Å². The Morgan fingerprint density at radius 3 is 3.06 bits per heavy atom. The van der Waals surface area contributed by atoms with Gasteiger partial charge in [0.1, 0.15) is 6.17 Å². The highest BCUT2D eigenvalue weighted by Gasteiger charge is 2.14. The molecule has 0 aliphatic rings. The molecule has 0 bridgehead atoms. The number of ether oxygens (including phenoxy) is 1. The van der Waals surface area contributed by atoms with Crippen molar-refractivity contribution in [1.82, 2.24) is 14.7 Å². The van der Waals surface area contributed by atoms with Crippen LogP contribution >= 0.6 is 0 Å². The van der Waals surface area contributed by atoms with Crippen LogP contribution in [0.3, 0.4) is 0 Å². The summed E-state index contributed by atoms with van der Waals surface area (Å²) in [7, 11) is 1.72. The standard InChI is InChI=1S/C11H15N3O2/c1-5-8-16-11-6-7-14(12-11)9(2)13(4)10(3)15/h1,6-7,9H,8H2,2-4H3. The second-order valence-electron chi connectivity index (χ2n) is 3.39. The van der Waals surface area contributed by atoms with Gasteiger partial charge in [-0.25, -0.2) is 4.68 Å². The van der Waals surface area contributed by atoms with E-state index >= 15 is 0 Å². The van der Waals surface area contributed by atoms with E-state index in [-0.39, 0.29) is 18.7 Å². The Morgan fingerprint density at radius 2 is 2.50 bits per heavy atom. The third-order valence-electron chi connectivity index (χ3n) is 2.33. The molecule has 1 atom stereocenters. The molecule has 0 fully saturated rings. The number of nitrogens with zero attached hydrogens (tertiary/aromatic N) is 3. The van der Waals surface area contributed by atoms with Crippen LogP contribution in [-0.2, 0) is 4.79 Å². The largest absolute Gasteiger partial charge is 0.463 e. The van der Waals surface area contributed by atoms with Gasteiger partial charge < -0.3 is 9.64 Å². The molecule has 5 nitrogen and oxygen atoms in total. The summed E-state index contributed by atoms with van der Waals surface area (Å²) < 4.78 is 6.80. The van der Waals surface area contributed by atoms with Gasteiger partial charge in [0, 0.05) is 26.2 Å². The summed E-state index contributed by atoms with van der Waals surface area (Å²) in [6.45, 7) is 3.57. The maximum absolute atomic E-state index is 11.2. The number of carbonyl (C=O) groups excluding carboxylic acids is 1. The molecule has 0 N–H and O–H groups in total. The minimum absolute atomic E-state index is 0.0194. The van der Waals surface area contributed by atoms with Crippen LogP contribution < -0.4 is 4.74 Å². The fourth-order valence-electron chi connectivity index (χ4n) is 1.16. The van der Waals surface area contributed by atoms with Crippen LogP contribution in [0.1, 0.15) is 20.0 Å². The number of rotatable bonds is 4. The summed E-state index contributed by atoms with van der Waals surface area (Å²) in [6, 6.07) is 1.71. The topological polar surface area (TPSA) is 47.4 Å². The van der Waals surface area contributed by atoms with E-state index in [2.05, 4.69) is 11.0 Å². The van der Waals surface area contributed by atoms with Crippen molar-refractivity contribution in [2.45, 2.75) is 20.0 Å². The molecular formula is C11H15N3O2.